The average molecular weight is 314 g/mol. The second-order valence-corrected chi connectivity index (χ2v) is 5.57. The summed E-state index contributed by atoms with van der Waals surface area (Å²) in [5.74, 6) is -0.532. The molecule has 0 radical (unpaired) electrons. The van der Waals surface area contributed by atoms with E-state index in [1.165, 1.54) is 11.4 Å². The molecule has 118 valence electrons. The van der Waals surface area contributed by atoms with Crippen LogP contribution in [0.3, 0.4) is 0 Å². The van der Waals surface area contributed by atoms with E-state index >= 15 is 0 Å². The molecule has 3 N–H and O–H groups in total. The summed E-state index contributed by atoms with van der Waals surface area (Å²) >= 11 is -2.32. The summed E-state index contributed by atoms with van der Waals surface area (Å²) in [6, 6.07) is 6.26. The monoisotopic (exact) mass is 314 g/mol. The highest BCUT2D eigenvalue weighted by molar-refractivity contribution is 7.80. The molecule has 0 fully saturated rings. The van der Waals surface area contributed by atoms with Gasteiger partial charge in [0.1, 0.15) is 6.04 Å². The first-order valence-electron chi connectivity index (χ1n) is 6.76. The van der Waals surface area contributed by atoms with E-state index in [1.807, 2.05) is 19.1 Å². The molecule has 0 aromatic heterocycles. The predicted molar refractivity (Wildman–Crippen MR) is 83.1 cm³/mol. The maximum absolute atomic E-state index is 12.0. The van der Waals surface area contributed by atoms with Gasteiger partial charge < -0.3 is 10.5 Å². The van der Waals surface area contributed by atoms with Gasteiger partial charge in [0.15, 0.2) is 0 Å². The summed E-state index contributed by atoms with van der Waals surface area (Å²) in [5, 5.41) is 0. The van der Waals surface area contributed by atoms with Crippen LogP contribution in [0.15, 0.2) is 24.3 Å². The summed E-state index contributed by atoms with van der Waals surface area (Å²) in [5.41, 5.74) is 6.98. The number of aryl methyl sites for hydroxylation is 1. The van der Waals surface area contributed by atoms with Gasteiger partial charge in [-0.25, -0.2) is 9.00 Å². The minimum absolute atomic E-state index is 0.407. The number of methoxy groups -OCH3 is 1. The predicted octanol–water partition coefficient (Wildman–Crippen LogP) is 1.61. The standard InChI is InChI=1S/C14H22N2O4S/c1-11-6-8-12(9-7-11)16(21(18)19)13(14(17)20-2)5-3-4-10-15/h6-9,13H,3-5,10,15H2,1-2H3,(H,18,19). The van der Waals surface area contributed by atoms with Crippen molar-refractivity contribution in [3.8, 4) is 0 Å². The first kappa shape index (κ1) is 17.6. The van der Waals surface area contributed by atoms with Crippen LogP contribution in [0.2, 0.25) is 0 Å². The number of hydrogen-bond acceptors (Lipinski definition) is 4. The summed E-state index contributed by atoms with van der Waals surface area (Å²) in [6.07, 6.45) is 1.83. The Bertz CT molecular complexity index is 478. The number of hydrogen-bond donors (Lipinski definition) is 2. The van der Waals surface area contributed by atoms with Crippen molar-refractivity contribution in [2.75, 3.05) is 18.0 Å². The quantitative estimate of drug-likeness (QED) is 0.432. The van der Waals surface area contributed by atoms with E-state index in [4.69, 9.17) is 10.5 Å². The van der Waals surface area contributed by atoms with Gasteiger partial charge in [0.25, 0.3) is 11.3 Å². The van der Waals surface area contributed by atoms with Crippen LogP contribution in [-0.2, 0) is 20.8 Å². The molecule has 0 heterocycles. The molecule has 21 heavy (non-hydrogen) atoms. The fraction of sp³-hybridized carbons (Fsp3) is 0.500. The Hall–Kier alpha value is -1.44. The SMILES string of the molecule is COC(=O)C(CCCCN)N(c1ccc(C)cc1)S(=O)O. The van der Waals surface area contributed by atoms with E-state index in [0.29, 0.717) is 25.1 Å². The number of carbonyl (C=O) groups is 1. The minimum atomic E-state index is -2.32. The number of esters is 1. The van der Waals surface area contributed by atoms with E-state index in [1.54, 1.807) is 12.1 Å². The Kier molecular flexibility index (Phi) is 7.35. The normalized spacial score (nSPS) is 13.5. The lowest BCUT2D eigenvalue weighted by atomic mass is 10.1. The molecular weight excluding hydrogens is 292 g/mol. The van der Waals surface area contributed by atoms with Gasteiger partial charge in [0.05, 0.1) is 12.8 Å². The van der Waals surface area contributed by atoms with Crippen molar-refractivity contribution in [3.63, 3.8) is 0 Å². The third-order valence-electron chi connectivity index (χ3n) is 3.14. The van der Waals surface area contributed by atoms with E-state index < -0.39 is 23.3 Å². The Morgan fingerprint density at radius 3 is 2.48 bits per heavy atom. The maximum Gasteiger partial charge on any atom is 0.329 e. The molecule has 0 saturated heterocycles. The van der Waals surface area contributed by atoms with Crippen LogP contribution in [0.25, 0.3) is 0 Å². The number of anilines is 1. The van der Waals surface area contributed by atoms with Crippen LogP contribution in [0, 0.1) is 6.92 Å². The minimum Gasteiger partial charge on any atom is -0.467 e. The number of benzene rings is 1. The number of carbonyl (C=O) groups excluding carboxylic acids is 1. The average Bonchev–Trinajstić information content (AvgIpc) is 2.47. The number of nitrogens with two attached hydrogens (primary N) is 1. The van der Waals surface area contributed by atoms with Gasteiger partial charge in [0, 0.05) is 0 Å². The zero-order valence-corrected chi connectivity index (χ0v) is 13.1. The fourth-order valence-electron chi connectivity index (χ4n) is 2.02. The molecule has 0 aliphatic carbocycles. The molecule has 7 heteroatoms. The second kappa shape index (κ2) is 8.76. The van der Waals surface area contributed by atoms with E-state index in [9.17, 15) is 13.6 Å². The molecule has 0 spiro atoms. The summed E-state index contributed by atoms with van der Waals surface area (Å²) in [7, 11) is 1.27. The van der Waals surface area contributed by atoms with Crippen LogP contribution in [-0.4, -0.2) is 34.4 Å². The Balaban J connectivity index is 3.04. The molecule has 1 aromatic carbocycles. The molecule has 0 aliphatic rings. The van der Waals surface area contributed by atoms with Gasteiger partial charge >= 0.3 is 5.97 Å². The van der Waals surface area contributed by atoms with Crippen molar-refractivity contribution in [2.45, 2.75) is 32.2 Å². The second-order valence-electron chi connectivity index (χ2n) is 4.72. The fourth-order valence-corrected chi connectivity index (χ4v) is 2.73. The summed E-state index contributed by atoms with van der Waals surface area (Å²) in [6.45, 7) is 2.43. The first-order chi connectivity index (χ1) is 10.0. The Morgan fingerprint density at radius 1 is 1.38 bits per heavy atom. The molecule has 2 atom stereocenters. The molecule has 0 saturated carbocycles. The highest BCUT2D eigenvalue weighted by Crippen LogP contribution is 2.23. The van der Waals surface area contributed by atoms with Crippen LogP contribution >= 0.6 is 0 Å². The van der Waals surface area contributed by atoms with Crippen LogP contribution in [0.4, 0.5) is 5.69 Å². The number of rotatable bonds is 8. The summed E-state index contributed by atoms with van der Waals surface area (Å²) in [4.78, 5) is 12.0. The molecule has 1 aromatic rings. The molecular formula is C14H22N2O4S. The number of ether oxygens (including phenoxy) is 1. The first-order valence-corrected chi connectivity index (χ1v) is 7.82. The zero-order chi connectivity index (χ0) is 15.8. The lowest BCUT2D eigenvalue weighted by Gasteiger charge is -2.28. The van der Waals surface area contributed by atoms with Gasteiger partial charge in [-0.1, -0.05) is 17.7 Å². The van der Waals surface area contributed by atoms with E-state index in [0.717, 1.165) is 12.0 Å². The zero-order valence-electron chi connectivity index (χ0n) is 12.3. The van der Waals surface area contributed by atoms with E-state index in [2.05, 4.69) is 0 Å². The molecule has 0 bridgehead atoms. The van der Waals surface area contributed by atoms with Crippen LogP contribution < -0.4 is 10.0 Å². The van der Waals surface area contributed by atoms with Crippen molar-refractivity contribution >= 4 is 22.9 Å². The largest absolute Gasteiger partial charge is 0.467 e. The van der Waals surface area contributed by atoms with Crippen molar-refractivity contribution < 1.29 is 18.3 Å². The van der Waals surface area contributed by atoms with Crippen LogP contribution in [0.5, 0.6) is 0 Å². The molecule has 6 nitrogen and oxygen atoms in total. The van der Waals surface area contributed by atoms with Gasteiger partial charge in [-0.2, -0.15) is 0 Å². The third-order valence-corrected chi connectivity index (χ3v) is 3.95. The Morgan fingerprint density at radius 2 is 2.00 bits per heavy atom. The van der Waals surface area contributed by atoms with Gasteiger partial charge in [-0.3, -0.25) is 8.86 Å². The number of nitrogens with zero attached hydrogens (tertiary/aromatic N) is 1. The highest BCUT2D eigenvalue weighted by Gasteiger charge is 2.30. The van der Waals surface area contributed by atoms with Crippen molar-refractivity contribution in [1.82, 2.24) is 0 Å². The topological polar surface area (TPSA) is 92.9 Å². The van der Waals surface area contributed by atoms with E-state index in [-0.39, 0.29) is 0 Å². The van der Waals surface area contributed by atoms with Crippen molar-refractivity contribution in [1.29, 1.82) is 0 Å². The smallest absolute Gasteiger partial charge is 0.329 e. The molecule has 0 aliphatic heterocycles. The summed E-state index contributed by atoms with van der Waals surface area (Å²) < 4.78 is 27.2. The van der Waals surface area contributed by atoms with Crippen LogP contribution in [0.1, 0.15) is 24.8 Å². The van der Waals surface area contributed by atoms with Gasteiger partial charge in [-0.15, -0.1) is 0 Å². The Labute approximate surface area is 127 Å². The molecule has 1 rings (SSSR count). The lowest BCUT2D eigenvalue weighted by molar-refractivity contribution is -0.142. The van der Waals surface area contributed by atoms with Gasteiger partial charge in [-0.05, 0) is 44.9 Å². The third kappa shape index (κ3) is 5.11. The highest BCUT2D eigenvalue weighted by atomic mass is 32.2. The maximum atomic E-state index is 12.0. The van der Waals surface area contributed by atoms with Gasteiger partial charge in [0.2, 0.25) is 0 Å². The number of unbranched alkanes of at least 4 members (excludes halogenated alkanes) is 1. The lowest BCUT2D eigenvalue weighted by Crippen LogP contribution is -2.43. The molecule has 2 unspecified atom stereocenters. The van der Waals surface area contributed by atoms with Crippen molar-refractivity contribution in [2.24, 2.45) is 5.73 Å². The van der Waals surface area contributed by atoms with Crippen molar-refractivity contribution in [3.05, 3.63) is 29.8 Å². The molecule has 0 amide bonds.